The quantitative estimate of drug-likeness (QED) is 0.784. The minimum Gasteiger partial charge on any atom is -0.342 e. The molecular formula is C13H25ClN2O. The lowest BCUT2D eigenvalue weighted by molar-refractivity contribution is -0.136. The largest absolute Gasteiger partial charge is 0.342 e. The van der Waals surface area contributed by atoms with E-state index in [-0.39, 0.29) is 18.3 Å². The van der Waals surface area contributed by atoms with E-state index in [0.29, 0.717) is 5.91 Å². The molecule has 1 unspecified atom stereocenters. The monoisotopic (exact) mass is 260 g/mol. The molecule has 0 aromatic heterocycles. The lowest BCUT2D eigenvalue weighted by Crippen LogP contribution is -2.44. The topological polar surface area (TPSA) is 32.3 Å². The molecule has 0 radical (unpaired) electrons. The fraction of sp³-hybridized carbons (Fsp3) is 0.923. The third kappa shape index (κ3) is 4.47. The Balaban J connectivity index is 0.00000144. The number of hydrogen-bond donors (Lipinski definition) is 1. The molecule has 0 aromatic rings. The summed E-state index contributed by atoms with van der Waals surface area (Å²) in [6, 6.07) is 0. The molecule has 17 heavy (non-hydrogen) atoms. The predicted octanol–water partition coefficient (Wildman–Crippen LogP) is 2.20. The van der Waals surface area contributed by atoms with Gasteiger partial charge >= 0.3 is 0 Å². The minimum absolute atomic E-state index is 0. The molecular weight excluding hydrogens is 236 g/mol. The van der Waals surface area contributed by atoms with Crippen LogP contribution >= 0.6 is 12.4 Å². The lowest BCUT2D eigenvalue weighted by Gasteiger charge is -2.30. The molecule has 2 saturated heterocycles. The number of carbonyl (C=O) groups excluding carboxylic acids is 1. The molecule has 3 nitrogen and oxygen atoms in total. The molecule has 2 rings (SSSR count). The number of likely N-dealkylation sites (tertiary alicyclic amines) is 1. The average Bonchev–Trinajstić information content (AvgIpc) is 2.29. The van der Waals surface area contributed by atoms with Gasteiger partial charge in [0.05, 0.1) is 5.92 Å². The van der Waals surface area contributed by atoms with Gasteiger partial charge in [-0.25, -0.2) is 0 Å². The van der Waals surface area contributed by atoms with Crippen LogP contribution in [0.5, 0.6) is 0 Å². The molecule has 2 fully saturated rings. The van der Waals surface area contributed by atoms with E-state index in [4.69, 9.17) is 0 Å². The molecule has 0 saturated carbocycles. The summed E-state index contributed by atoms with van der Waals surface area (Å²) < 4.78 is 0. The molecule has 0 aliphatic carbocycles. The van der Waals surface area contributed by atoms with E-state index in [1.807, 2.05) is 0 Å². The summed E-state index contributed by atoms with van der Waals surface area (Å²) in [5.41, 5.74) is 0. The van der Waals surface area contributed by atoms with Gasteiger partial charge in [-0.15, -0.1) is 12.4 Å². The third-order valence-corrected chi connectivity index (χ3v) is 3.81. The van der Waals surface area contributed by atoms with E-state index in [9.17, 15) is 4.79 Å². The number of nitrogens with zero attached hydrogens (tertiary/aromatic N) is 1. The van der Waals surface area contributed by atoms with Gasteiger partial charge < -0.3 is 10.2 Å². The van der Waals surface area contributed by atoms with E-state index in [2.05, 4.69) is 10.2 Å². The van der Waals surface area contributed by atoms with Crippen LogP contribution in [0.15, 0.2) is 0 Å². The summed E-state index contributed by atoms with van der Waals surface area (Å²) in [6.45, 7) is 3.98. The van der Waals surface area contributed by atoms with Crippen LogP contribution in [0.4, 0.5) is 0 Å². The molecule has 0 aromatic carbocycles. The zero-order valence-corrected chi connectivity index (χ0v) is 11.4. The third-order valence-electron chi connectivity index (χ3n) is 3.81. The van der Waals surface area contributed by atoms with Crippen molar-refractivity contribution < 1.29 is 4.79 Å². The van der Waals surface area contributed by atoms with Gasteiger partial charge in [-0.1, -0.05) is 19.3 Å². The van der Waals surface area contributed by atoms with E-state index >= 15 is 0 Å². The number of amides is 1. The van der Waals surface area contributed by atoms with Crippen molar-refractivity contribution in [3.05, 3.63) is 0 Å². The SMILES string of the molecule is Cl.O=C(C1CCCNC1)N1CCCCCCC1. The Bertz CT molecular complexity index is 221. The Morgan fingerprint density at radius 2 is 1.65 bits per heavy atom. The molecule has 4 heteroatoms. The highest BCUT2D eigenvalue weighted by atomic mass is 35.5. The van der Waals surface area contributed by atoms with Crippen molar-refractivity contribution in [2.75, 3.05) is 26.2 Å². The van der Waals surface area contributed by atoms with Gasteiger partial charge in [-0.2, -0.15) is 0 Å². The van der Waals surface area contributed by atoms with Gasteiger partial charge in [0.15, 0.2) is 0 Å². The Hall–Kier alpha value is -0.280. The summed E-state index contributed by atoms with van der Waals surface area (Å²) >= 11 is 0. The van der Waals surface area contributed by atoms with Crippen LogP contribution in [0.3, 0.4) is 0 Å². The fourth-order valence-corrected chi connectivity index (χ4v) is 2.79. The Morgan fingerprint density at radius 3 is 2.24 bits per heavy atom. The molecule has 100 valence electrons. The molecule has 2 heterocycles. The summed E-state index contributed by atoms with van der Waals surface area (Å²) in [5, 5.41) is 3.34. The molecule has 1 amide bonds. The van der Waals surface area contributed by atoms with Crippen molar-refractivity contribution in [2.45, 2.75) is 44.9 Å². The van der Waals surface area contributed by atoms with E-state index in [0.717, 1.165) is 39.0 Å². The molecule has 1 N–H and O–H groups in total. The van der Waals surface area contributed by atoms with Crippen LogP contribution in [0.25, 0.3) is 0 Å². The zero-order valence-electron chi connectivity index (χ0n) is 10.6. The Labute approximate surface area is 111 Å². The smallest absolute Gasteiger partial charge is 0.226 e. The highest BCUT2D eigenvalue weighted by Crippen LogP contribution is 2.17. The number of piperidine rings is 1. The van der Waals surface area contributed by atoms with Gasteiger partial charge in [-0.3, -0.25) is 4.79 Å². The van der Waals surface area contributed by atoms with Gasteiger partial charge in [0, 0.05) is 19.6 Å². The maximum atomic E-state index is 12.3. The number of nitrogens with one attached hydrogen (secondary N) is 1. The highest BCUT2D eigenvalue weighted by Gasteiger charge is 2.25. The highest BCUT2D eigenvalue weighted by molar-refractivity contribution is 5.85. The number of hydrogen-bond acceptors (Lipinski definition) is 2. The second kappa shape index (κ2) is 7.93. The van der Waals surface area contributed by atoms with Crippen LogP contribution in [-0.2, 0) is 4.79 Å². The van der Waals surface area contributed by atoms with Crippen LogP contribution in [0.2, 0.25) is 0 Å². The van der Waals surface area contributed by atoms with Gasteiger partial charge in [-0.05, 0) is 32.2 Å². The summed E-state index contributed by atoms with van der Waals surface area (Å²) in [5.74, 6) is 0.669. The van der Waals surface area contributed by atoms with E-state index in [1.54, 1.807) is 0 Å². The van der Waals surface area contributed by atoms with Crippen LogP contribution < -0.4 is 5.32 Å². The maximum Gasteiger partial charge on any atom is 0.226 e. The number of carbonyl (C=O) groups is 1. The Kier molecular flexibility index (Phi) is 6.90. The summed E-state index contributed by atoms with van der Waals surface area (Å²) in [4.78, 5) is 14.4. The standard InChI is InChI=1S/C13H24N2O.ClH/c16-13(12-7-6-8-14-11-12)15-9-4-2-1-3-5-10-15;/h12,14H,1-11H2;1H. The van der Waals surface area contributed by atoms with Crippen molar-refractivity contribution in [3.8, 4) is 0 Å². The van der Waals surface area contributed by atoms with E-state index < -0.39 is 0 Å². The number of halogens is 1. The fourth-order valence-electron chi connectivity index (χ4n) is 2.79. The second-order valence-electron chi connectivity index (χ2n) is 5.14. The molecule has 2 aliphatic rings. The zero-order chi connectivity index (χ0) is 11.2. The van der Waals surface area contributed by atoms with E-state index in [1.165, 1.54) is 32.1 Å². The van der Waals surface area contributed by atoms with Gasteiger partial charge in [0.1, 0.15) is 0 Å². The lowest BCUT2D eigenvalue weighted by atomic mass is 9.97. The van der Waals surface area contributed by atoms with Gasteiger partial charge in [0.2, 0.25) is 5.91 Å². The second-order valence-corrected chi connectivity index (χ2v) is 5.14. The van der Waals surface area contributed by atoms with Crippen molar-refractivity contribution in [2.24, 2.45) is 5.92 Å². The van der Waals surface area contributed by atoms with Crippen LogP contribution in [0, 0.1) is 5.92 Å². The van der Waals surface area contributed by atoms with Crippen molar-refractivity contribution in [1.29, 1.82) is 0 Å². The molecule has 0 bridgehead atoms. The first-order valence-electron chi connectivity index (χ1n) is 6.87. The first-order chi connectivity index (χ1) is 7.88. The maximum absolute atomic E-state index is 12.3. The normalized spacial score (nSPS) is 26.6. The van der Waals surface area contributed by atoms with Gasteiger partial charge in [0.25, 0.3) is 0 Å². The molecule has 2 aliphatic heterocycles. The minimum atomic E-state index is 0. The first kappa shape index (κ1) is 14.8. The summed E-state index contributed by atoms with van der Waals surface area (Å²) in [7, 11) is 0. The molecule has 0 spiro atoms. The van der Waals surface area contributed by atoms with Crippen molar-refractivity contribution in [3.63, 3.8) is 0 Å². The Morgan fingerprint density at radius 1 is 1.00 bits per heavy atom. The van der Waals surface area contributed by atoms with Crippen molar-refractivity contribution in [1.82, 2.24) is 10.2 Å². The van der Waals surface area contributed by atoms with Crippen LogP contribution in [-0.4, -0.2) is 37.0 Å². The summed E-state index contributed by atoms with van der Waals surface area (Å²) in [6.07, 6.45) is 8.59. The predicted molar refractivity (Wildman–Crippen MR) is 72.5 cm³/mol. The number of rotatable bonds is 1. The van der Waals surface area contributed by atoms with Crippen LogP contribution in [0.1, 0.15) is 44.9 Å². The first-order valence-corrected chi connectivity index (χ1v) is 6.87. The average molecular weight is 261 g/mol. The molecule has 1 atom stereocenters. The van der Waals surface area contributed by atoms with Crippen molar-refractivity contribution >= 4 is 18.3 Å².